The average Bonchev–Trinajstić information content (AvgIpc) is 2.75. The van der Waals surface area contributed by atoms with Crippen molar-refractivity contribution in [1.29, 1.82) is 0 Å². The van der Waals surface area contributed by atoms with Gasteiger partial charge in [0.2, 0.25) is 0 Å². The summed E-state index contributed by atoms with van der Waals surface area (Å²) < 4.78 is 17.5. The summed E-state index contributed by atoms with van der Waals surface area (Å²) in [5.41, 5.74) is 2.09. The lowest BCUT2D eigenvalue weighted by atomic mass is 10.1. The first-order valence-corrected chi connectivity index (χ1v) is 10.2. The van der Waals surface area contributed by atoms with E-state index in [2.05, 4.69) is 11.0 Å². The van der Waals surface area contributed by atoms with E-state index in [0.717, 1.165) is 22.7 Å². The number of ether oxygens (including phenoxy) is 3. The Morgan fingerprint density at radius 1 is 1.10 bits per heavy atom. The number of hydrogen-bond donors (Lipinski definition) is 0. The fourth-order valence-corrected chi connectivity index (χ4v) is 3.78. The highest BCUT2D eigenvalue weighted by Gasteiger charge is 2.34. The molecular weight excluding hydrogens is 368 g/mol. The minimum absolute atomic E-state index is 0.0273. The first kappa shape index (κ1) is 19.6. The summed E-state index contributed by atoms with van der Waals surface area (Å²) >= 11 is 0. The summed E-state index contributed by atoms with van der Waals surface area (Å²) in [6, 6.07) is 16.0. The molecule has 1 saturated heterocycles. The quantitative estimate of drug-likeness (QED) is 0.777. The van der Waals surface area contributed by atoms with Crippen LogP contribution in [0.5, 0.6) is 11.5 Å². The maximum atomic E-state index is 13.1. The first-order chi connectivity index (χ1) is 14.1. The molecule has 0 unspecified atom stereocenters. The molecule has 1 fully saturated rings. The van der Waals surface area contributed by atoms with Crippen molar-refractivity contribution in [2.75, 3.05) is 37.7 Å². The van der Waals surface area contributed by atoms with Crippen LogP contribution in [0, 0.1) is 0 Å². The number of carbonyl (C=O) groups is 1. The van der Waals surface area contributed by atoms with Gasteiger partial charge in [-0.1, -0.05) is 30.3 Å². The minimum atomic E-state index is -0.527. The third-order valence-corrected chi connectivity index (χ3v) is 5.16. The topological polar surface area (TPSA) is 51.2 Å². The monoisotopic (exact) mass is 396 g/mol. The van der Waals surface area contributed by atoms with Gasteiger partial charge in [0, 0.05) is 25.2 Å². The van der Waals surface area contributed by atoms with Gasteiger partial charge in [0.25, 0.3) is 5.91 Å². The smallest absolute Gasteiger partial charge is 0.265 e. The molecule has 154 valence electrons. The van der Waals surface area contributed by atoms with Crippen LogP contribution < -0.4 is 14.4 Å². The van der Waals surface area contributed by atoms with Crippen molar-refractivity contribution in [3.05, 3.63) is 54.1 Å². The lowest BCUT2D eigenvalue weighted by molar-refractivity contribution is -0.142. The number of fused-ring (bicyclic) bond motifs is 1. The van der Waals surface area contributed by atoms with E-state index in [1.165, 1.54) is 0 Å². The molecule has 29 heavy (non-hydrogen) atoms. The minimum Gasteiger partial charge on any atom is -0.491 e. The van der Waals surface area contributed by atoms with Crippen molar-refractivity contribution in [2.45, 2.75) is 32.6 Å². The summed E-state index contributed by atoms with van der Waals surface area (Å²) in [5.74, 6) is 1.65. The van der Waals surface area contributed by atoms with E-state index in [1.807, 2.05) is 61.2 Å². The molecule has 0 aromatic heterocycles. The molecule has 2 aliphatic rings. The van der Waals surface area contributed by atoms with Crippen molar-refractivity contribution in [3.63, 3.8) is 0 Å². The van der Waals surface area contributed by atoms with Crippen LogP contribution in [0.2, 0.25) is 0 Å². The molecule has 0 radical (unpaired) electrons. The van der Waals surface area contributed by atoms with Crippen LogP contribution >= 0.6 is 0 Å². The summed E-state index contributed by atoms with van der Waals surface area (Å²) in [7, 11) is 0. The SMILES string of the molecule is CC(C)Oc1ccccc1CN1C[C@@H](C(=O)N2CCOCC2)Oc2ccccc21. The Labute approximate surface area is 172 Å². The highest BCUT2D eigenvalue weighted by atomic mass is 16.5. The molecule has 2 heterocycles. The Kier molecular flexibility index (Phi) is 5.90. The molecule has 2 aliphatic heterocycles. The second-order valence-corrected chi connectivity index (χ2v) is 7.67. The van der Waals surface area contributed by atoms with Crippen molar-refractivity contribution in [3.8, 4) is 11.5 Å². The normalized spacial score (nSPS) is 18.9. The molecule has 6 nitrogen and oxygen atoms in total. The Balaban J connectivity index is 1.58. The molecular formula is C23H28N2O4. The summed E-state index contributed by atoms with van der Waals surface area (Å²) in [6.45, 7) is 7.60. The van der Waals surface area contributed by atoms with Gasteiger partial charge in [0.15, 0.2) is 6.10 Å². The number of carbonyl (C=O) groups excluding carboxylic acids is 1. The summed E-state index contributed by atoms with van der Waals surface area (Å²) in [6.07, 6.45) is -0.426. The molecule has 0 saturated carbocycles. The van der Waals surface area contributed by atoms with Crippen molar-refractivity contribution in [2.24, 2.45) is 0 Å². The van der Waals surface area contributed by atoms with Gasteiger partial charge < -0.3 is 24.0 Å². The number of rotatable bonds is 5. The summed E-state index contributed by atoms with van der Waals surface area (Å²) in [5, 5.41) is 0. The van der Waals surface area contributed by atoms with Crippen molar-refractivity contribution >= 4 is 11.6 Å². The van der Waals surface area contributed by atoms with Crippen LogP contribution in [0.4, 0.5) is 5.69 Å². The van der Waals surface area contributed by atoms with Gasteiger partial charge in [-0.25, -0.2) is 0 Å². The largest absolute Gasteiger partial charge is 0.491 e. The molecule has 1 amide bonds. The van der Waals surface area contributed by atoms with Gasteiger partial charge in [-0.3, -0.25) is 4.79 Å². The molecule has 0 N–H and O–H groups in total. The standard InChI is InChI=1S/C23H28N2O4/c1-17(2)28-20-9-5-3-7-18(20)15-25-16-22(23(26)24-11-13-27-14-12-24)29-21-10-6-4-8-19(21)25/h3-10,17,22H,11-16H2,1-2H3/t22-/m0/s1. The highest BCUT2D eigenvalue weighted by molar-refractivity contribution is 5.83. The van der Waals surface area contributed by atoms with E-state index in [4.69, 9.17) is 14.2 Å². The molecule has 2 aromatic carbocycles. The third-order valence-electron chi connectivity index (χ3n) is 5.16. The fourth-order valence-electron chi connectivity index (χ4n) is 3.78. The Bertz CT molecular complexity index is 848. The zero-order valence-electron chi connectivity index (χ0n) is 17.0. The van der Waals surface area contributed by atoms with E-state index >= 15 is 0 Å². The lowest BCUT2D eigenvalue weighted by Crippen LogP contribution is -2.52. The number of nitrogens with zero attached hydrogens (tertiary/aromatic N) is 2. The van der Waals surface area contributed by atoms with E-state index in [1.54, 1.807) is 0 Å². The fraction of sp³-hybridized carbons (Fsp3) is 0.435. The second-order valence-electron chi connectivity index (χ2n) is 7.67. The van der Waals surface area contributed by atoms with Crippen LogP contribution in [0.15, 0.2) is 48.5 Å². The van der Waals surface area contributed by atoms with Crippen LogP contribution in [-0.2, 0) is 16.1 Å². The Morgan fingerprint density at radius 3 is 2.62 bits per heavy atom. The number of morpholine rings is 1. The molecule has 0 aliphatic carbocycles. The van der Waals surface area contributed by atoms with Gasteiger partial charge in [-0.2, -0.15) is 0 Å². The lowest BCUT2D eigenvalue weighted by Gasteiger charge is -2.38. The maximum Gasteiger partial charge on any atom is 0.265 e. The highest BCUT2D eigenvalue weighted by Crippen LogP contribution is 2.35. The van der Waals surface area contributed by atoms with Gasteiger partial charge >= 0.3 is 0 Å². The van der Waals surface area contributed by atoms with Gasteiger partial charge in [-0.15, -0.1) is 0 Å². The average molecular weight is 396 g/mol. The number of para-hydroxylation sites is 3. The van der Waals surface area contributed by atoms with Gasteiger partial charge in [-0.05, 0) is 32.0 Å². The molecule has 6 heteroatoms. The van der Waals surface area contributed by atoms with Crippen LogP contribution in [-0.4, -0.2) is 55.9 Å². The van der Waals surface area contributed by atoms with Crippen LogP contribution in [0.1, 0.15) is 19.4 Å². The number of benzene rings is 2. The van der Waals surface area contributed by atoms with Crippen LogP contribution in [0.25, 0.3) is 0 Å². The maximum absolute atomic E-state index is 13.1. The zero-order chi connectivity index (χ0) is 20.2. The van der Waals surface area contributed by atoms with E-state index in [9.17, 15) is 4.79 Å². The predicted octanol–water partition coefficient (Wildman–Crippen LogP) is 3.10. The Morgan fingerprint density at radius 2 is 1.83 bits per heavy atom. The van der Waals surface area contributed by atoms with Gasteiger partial charge in [0.05, 0.1) is 31.5 Å². The predicted molar refractivity (Wildman–Crippen MR) is 112 cm³/mol. The van der Waals surface area contributed by atoms with E-state index < -0.39 is 6.10 Å². The number of hydrogen-bond acceptors (Lipinski definition) is 5. The first-order valence-electron chi connectivity index (χ1n) is 10.2. The van der Waals surface area contributed by atoms with Gasteiger partial charge in [0.1, 0.15) is 11.5 Å². The summed E-state index contributed by atoms with van der Waals surface area (Å²) in [4.78, 5) is 17.1. The van der Waals surface area contributed by atoms with E-state index in [-0.39, 0.29) is 12.0 Å². The molecule has 4 rings (SSSR count). The van der Waals surface area contributed by atoms with E-state index in [0.29, 0.717) is 39.4 Å². The zero-order valence-corrected chi connectivity index (χ0v) is 17.0. The molecule has 2 aromatic rings. The van der Waals surface area contributed by atoms with Crippen LogP contribution in [0.3, 0.4) is 0 Å². The number of anilines is 1. The van der Waals surface area contributed by atoms with Crippen molar-refractivity contribution in [1.82, 2.24) is 4.90 Å². The third kappa shape index (κ3) is 4.48. The molecule has 1 atom stereocenters. The van der Waals surface area contributed by atoms with Crippen molar-refractivity contribution < 1.29 is 19.0 Å². The Hall–Kier alpha value is -2.73. The second kappa shape index (κ2) is 8.74. The number of amides is 1. The molecule has 0 spiro atoms. The molecule has 0 bridgehead atoms.